The number of halogens is 1. The topological polar surface area (TPSA) is 58.6 Å². The third-order valence-corrected chi connectivity index (χ3v) is 3.79. The van der Waals surface area contributed by atoms with Gasteiger partial charge in [-0.1, -0.05) is 13.3 Å². The number of aryl methyl sites for hydroxylation is 1. The smallest absolute Gasteiger partial charge is 0.264 e. The van der Waals surface area contributed by atoms with Crippen LogP contribution in [0.15, 0.2) is 15.7 Å². The summed E-state index contributed by atoms with van der Waals surface area (Å²) in [5.41, 5.74) is 3.24. The minimum Gasteiger partial charge on any atom is -0.304 e. The van der Waals surface area contributed by atoms with Crippen LogP contribution in [-0.4, -0.2) is 15.0 Å². The second-order valence-electron chi connectivity index (χ2n) is 3.30. The zero-order valence-electron chi connectivity index (χ0n) is 8.66. The van der Waals surface area contributed by atoms with Crippen LogP contribution >= 0.6 is 33.9 Å². The number of H-pyrrole nitrogens is 1. The molecule has 2 aromatic rings. The van der Waals surface area contributed by atoms with E-state index in [0.717, 1.165) is 24.2 Å². The fraction of sp³-hybridized carbons (Fsp3) is 0.300. The van der Waals surface area contributed by atoms with Crippen LogP contribution in [0.3, 0.4) is 0 Å². The van der Waals surface area contributed by atoms with E-state index < -0.39 is 0 Å². The Morgan fingerprint density at radius 2 is 2.38 bits per heavy atom. The highest BCUT2D eigenvalue weighted by molar-refractivity contribution is 14.1. The molecule has 0 fully saturated rings. The Balaban J connectivity index is 2.53. The molecule has 2 heterocycles. The highest BCUT2D eigenvalue weighted by Crippen LogP contribution is 2.15. The third-order valence-electron chi connectivity index (χ3n) is 2.09. The van der Waals surface area contributed by atoms with E-state index in [0.29, 0.717) is 9.39 Å². The maximum absolute atomic E-state index is 11.7. The van der Waals surface area contributed by atoms with Crippen molar-refractivity contribution >= 4 is 33.9 Å². The first-order valence-corrected chi connectivity index (χ1v) is 6.91. The molecule has 84 valence electrons. The molecule has 0 aromatic carbocycles. The number of aromatic nitrogens is 3. The van der Waals surface area contributed by atoms with Crippen molar-refractivity contribution in [2.24, 2.45) is 0 Å². The number of nitrogens with one attached hydrogen (secondary N) is 1. The fourth-order valence-electron chi connectivity index (χ4n) is 1.36. The van der Waals surface area contributed by atoms with Gasteiger partial charge in [0, 0.05) is 5.38 Å². The molecule has 0 bridgehead atoms. The van der Waals surface area contributed by atoms with E-state index in [1.165, 1.54) is 11.3 Å². The SMILES string of the molecule is CCCc1nc(-c2cscn2)[nH]c(=O)c1I. The van der Waals surface area contributed by atoms with Crippen LogP contribution in [0.25, 0.3) is 11.5 Å². The predicted octanol–water partition coefficient (Wildman–Crippen LogP) is 2.45. The summed E-state index contributed by atoms with van der Waals surface area (Å²) in [6.07, 6.45) is 1.79. The predicted molar refractivity (Wildman–Crippen MR) is 72.7 cm³/mol. The number of hydrogen-bond acceptors (Lipinski definition) is 4. The quantitative estimate of drug-likeness (QED) is 0.868. The van der Waals surface area contributed by atoms with Crippen LogP contribution in [0, 0.1) is 3.57 Å². The fourth-order valence-corrected chi connectivity index (χ4v) is 2.42. The van der Waals surface area contributed by atoms with Crippen molar-refractivity contribution in [2.75, 3.05) is 0 Å². The molecule has 16 heavy (non-hydrogen) atoms. The molecule has 0 saturated carbocycles. The van der Waals surface area contributed by atoms with Crippen molar-refractivity contribution in [3.8, 4) is 11.5 Å². The van der Waals surface area contributed by atoms with Gasteiger partial charge >= 0.3 is 0 Å². The Labute approximate surface area is 110 Å². The van der Waals surface area contributed by atoms with E-state index in [9.17, 15) is 4.79 Å². The molecule has 1 N–H and O–H groups in total. The summed E-state index contributed by atoms with van der Waals surface area (Å²) in [4.78, 5) is 23.0. The molecule has 2 aromatic heterocycles. The normalized spacial score (nSPS) is 10.6. The van der Waals surface area contributed by atoms with Crippen LogP contribution in [0.5, 0.6) is 0 Å². The Bertz CT molecular complexity index is 535. The molecular weight excluding hydrogens is 337 g/mol. The number of rotatable bonds is 3. The van der Waals surface area contributed by atoms with Crippen LogP contribution in [0.1, 0.15) is 19.0 Å². The first-order valence-electron chi connectivity index (χ1n) is 4.89. The molecule has 0 aliphatic rings. The van der Waals surface area contributed by atoms with Gasteiger partial charge < -0.3 is 4.98 Å². The van der Waals surface area contributed by atoms with Gasteiger partial charge in [-0.2, -0.15) is 0 Å². The zero-order valence-corrected chi connectivity index (χ0v) is 11.6. The number of nitrogens with zero attached hydrogens (tertiary/aromatic N) is 2. The summed E-state index contributed by atoms with van der Waals surface area (Å²) >= 11 is 3.53. The van der Waals surface area contributed by atoms with E-state index in [-0.39, 0.29) is 5.56 Å². The molecule has 0 aliphatic carbocycles. The Kier molecular flexibility index (Phi) is 3.70. The molecular formula is C10H10IN3OS. The lowest BCUT2D eigenvalue weighted by Crippen LogP contribution is -2.16. The molecule has 0 amide bonds. The second kappa shape index (κ2) is 5.05. The maximum atomic E-state index is 11.7. The zero-order chi connectivity index (χ0) is 11.5. The van der Waals surface area contributed by atoms with Crippen molar-refractivity contribution in [3.05, 3.63) is 30.5 Å². The summed E-state index contributed by atoms with van der Waals surface area (Å²) in [6, 6.07) is 0. The van der Waals surface area contributed by atoms with Crippen molar-refractivity contribution in [1.82, 2.24) is 15.0 Å². The number of aromatic amines is 1. The summed E-state index contributed by atoms with van der Waals surface area (Å²) < 4.78 is 0.679. The third kappa shape index (κ3) is 2.32. The van der Waals surface area contributed by atoms with Gasteiger partial charge in [0.25, 0.3) is 5.56 Å². The van der Waals surface area contributed by atoms with Gasteiger partial charge in [0.2, 0.25) is 0 Å². The molecule has 2 rings (SSSR count). The van der Waals surface area contributed by atoms with E-state index in [2.05, 4.69) is 21.9 Å². The molecule has 0 unspecified atom stereocenters. The molecule has 0 spiro atoms. The lowest BCUT2D eigenvalue weighted by molar-refractivity contribution is 0.859. The maximum Gasteiger partial charge on any atom is 0.264 e. The van der Waals surface area contributed by atoms with Gasteiger partial charge in [-0.15, -0.1) is 11.3 Å². The molecule has 4 nitrogen and oxygen atoms in total. The Morgan fingerprint density at radius 1 is 1.56 bits per heavy atom. The molecule has 0 aliphatic heterocycles. The van der Waals surface area contributed by atoms with Crippen molar-refractivity contribution in [2.45, 2.75) is 19.8 Å². The van der Waals surface area contributed by atoms with Gasteiger partial charge in [0.05, 0.1) is 14.8 Å². The summed E-state index contributed by atoms with van der Waals surface area (Å²) in [5, 5.41) is 1.88. The summed E-state index contributed by atoms with van der Waals surface area (Å²) in [7, 11) is 0. The van der Waals surface area contributed by atoms with Crippen molar-refractivity contribution in [1.29, 1.82) is 0 Å². The Morgan fingerprint density at radius 3 is 3.00 bits per heavy atom. The first-order chi connectivity index (χ1) is 7.72. The standard InChI is InChI=1S/C10H10IN3OS/c1-2-3-6-8(11)10(15)14-9(13-6)7-4-16-5-12-7/h4-5H,2-3H2,1H3,(H,13,14,15). The van der Waals surface area contributed by atoms with E-state index in [1.807, 2.05) is 28.0 Å². The number of thiazole rings is 1. The van der Waals surface area contributed by atoms with Crippen molar-refractivity contribution < 1.29 is 0 Å². The summed E-state index contributed by atoms with van der Waals surface area (Å²) in [5.74, 6) is 0.565. The Hall–Kier alpha value is -0.760. The highest BCUT2D eigenvalue weighted by Gasteiger charge is 2.10. The van der Waals surface area contributed by atoms with Crippen LogP contribution in [-0.2, 0) is 6.42 Å². The van der Waals surface area contributed by atoms with E-state index >= 15 is 0 Å². The first kappa shape index (κ1) is 11.7. The minimum absolute atomic E-state index is 0.0814. The largest absolute Gasteiger partial charge is 0.304 e. The van der Waals surface area contributed by atoms with Crippen molar-refractivity contribution in [3.63, 3.8) is 0 Å². The highest BCUT2D eigenvalue weighted by atomic mass is 127. The van der Waals surface area contributed by atoms with Gasteiger partial charge in [-0.05, 0) is 29.0 Å². The average Bonchev–Trinajstić information content (AvgIpc) is 2.78. The van der Waals surface area contributed by atoms with Gasteiger partial charge in [0.1, 0.15) is 5.69 Å². The molecule has 6 heteroatoms. The van der Waals surface area contributed by atoms with Crippen LogP contribution in [0.2, 0.25) is 0 Å². The molecule has 0 radical (unpaired) electrons. The van der Waals surface area contributed by atoms with Gasteiger partial charge in [-0.25, -0.2) is 9.97 Å². The lowest BCUT2D eigenvalue weighted by Gasteiger charge is -2.03. The van der Waals surface area contributed by atoms with Crippen LogP contribution < -0.4 is 5.56 Å². The monoisotopic (exact) mass is 347 g/mol. The number of hydrogen-bond donors (Lipinski definition) is 1. The molecule has 0 atom stereocenters. The van der Waals surface area contributed by atoms with Gasteiger partial charge in [-0.3, -0.25) is 4.79 Å². The summed E-state index contributed by atoms with van der Waals surface area (Å²) in [6.45, 7) is 2.07. The van der Waals surface area contributed by atoms with Gasteiger partial charge in [0.15, 0.2) is 5.82 Å². The van der Waals surface area contributed by atoms with E-state index in [4.69, 9.17) is 0 Å². The average molecular weight is 347 g/mol. The molecule has 0 saturated heterocycles. The minimum atomic E-state index is -0.0814. The second-order valence-corrected chi connectivity index (χ2v) is 5.10. The lowest BCUT2D eigenvalue weighted by atomic mass is 10.2. The van der Waals surface area contributed by atoms with E-state index in [1.54, 1.807) is 5.51 Å². The van der Waals surface area contributed by atoms with Crippen LogP contribution in [0.4, 0.5) is 0 Å².